The monoisotopic (exact) mass is 350 g/mol. The number of amides is 1. The molecule has 0 saturated heterocycles. The summed E-state index contributed by atoms with van der Waals surface area (Å²) in [6.07, 6.45) is 2.50. The fourth-order valence-corrected chi connectivity index (χ4v) is 2.34. The molecule has 1 amide bonds. The van der Waals surface area contributed by atoms with Crippen LogP contribution in [0.2, 0.25) is 0 Å². The van der Waals surface area contributed by atoms with Gasteiger partial charge in [0.25, 0.3) is 5.56 Å². The summed E-state index contributed by atoms with van der Waals surface area (Å²) < 4.78 is 6.55. The summed E-state index contributed by atoms with van der Waals surface area (Å²) in [6, 6.07) is 16.0. The molecule has 7 nitrogen and oxygen atoms in total. The van der Waals surface area contributed by atoms with E-state index in [1.165, 1.54) is 10.6 Å². The van der Waals surface area contributed by atoms with Crippen molar-refractivity contribution in [2.75, 3.05) is 17.7 Å². The van der Waals surface area contributed by atoms with Crippen LogP contribution in [0.15, 0.2) is 71.8 Å². The van der Waals surface area contributed by atoms with Crippen LogP contribution in [0.4, 0.5) is 16.3 Å². The second-order valence-electron chi connectivity index (χ2n) is 5.44. The lowest BCUT2D eigenvalue weighted by Crippen LogP contribution is -2.25. The third-order valence-electron chi connectivity index (χ3n) is 3.68. The van der Waals surface area contributed by atoms with Crippen molar-refractivity contribution in [3.63, 3.8) is 0 Å². The van der Waals surface area contributed by atoms with Crippen LogP contribution in [-0.4, -0.2) is 22.7 Å². The standard InChI is InChI=1S/C19H18N4O3/c1-20-17-10-9-15(12-21-17)23-11-5-8-16(18(23)24)22-19(25)26-13-14-6-3-2-4-7-14/h2-12H,13H2,1H3,(H,20,21)(H,22,25). The first-order chi connectivity index (χ1) is 12.7. The molecule has 3 rings (SSSR count). The molecular formula is C19H18N4O3. The first-order valence-electron chi connectivity index (χ1n) is 8.01. The summed E-state index contributed by atoms with van der Waals surface area (Å²) >= 11 is 0. The van der Waals surface area contributed by atoms with Crippen LogP contribution in [0.25, 0.3) is 5.69 Å². The summed E-state index contributed by atoms with van der Waals surface area (Å²) in [7, 11) is 1.76. The van der Waals surface area contributed by atoms with E-state index >= 15 is 0 Å². The SMILES string of the molecule is CNc1ccc(-n2cccc(NC(=O)OCc3ccccc3)c2=O)cn1. The van der Waals surface area contributed by atoms with Gasteiger partial charge in [-0.3, -0.25) is 14.7 Å². The molecule has 0 radical (unpaired) electrons. The van der Waals surface area contributed by atoms with Crippen LogP contribution in [0.3, 0.4) is 0 Å². The van der Waals surface area contributed by atoms with Crippen molar-refractivity contribution in [1.82, 2.24) is 9.55 Å². The number of hydrogen-bond acceptors (Lipinski definition) is 5. The molecule has 2 N–H and O–H groups in total. The molecule has 0 bridgehead atoms. The predicted octanol–water partition coefficient (Wildman–Crippen LogP) is 3.02. The number of aromatic nitrogens is 2. The molecule has 26 heavy (non-hydrogen) atoms. The van der Waals surface area contributed by atoms with Crippen molar-refractivity contribution in [3.05, 3.63) is 82.9 Å². The van der Waals surface area contributed by atoms with E-state index in [-0.39, 0.29) is 17.9 Å². The average Bonchev–Trinajstić information content (AvgIpc) is 2.69. The van der Waals surface area contributed by atoms with Crippen molar-refractivity contribution in [2.45, 2.75) is 6.61 Å². The molecule has 132 valence electrons. The van der Waals surface area contributed by atoms with Crippen LogP contribution < -0.4 is 16.2 Å². The first-order valence-corrected chi connectivity index (χ1v) is 8.01. The minimum absolute atomic E-state index is 0.128. The topological polar surface area (TPSA) is 85.3 Å². The lowest BCUT2D eigenvalue weighted by atomic mass is 10.2. The van der Waals surface area contributed by atoms with Crippen molar-refractivity contribution in [3.8, 4) is 5.69 Å². The Labute approximate surface area is 150 Å². The molecule has 0 fully saturated rings. The number of carbonyl (C=O) groups is 1. The predicted molar refractivity (Wildman–Crippen MR) is 99.6 cm³/mol. The van der Waals surface area contributed by atoms with Gasteiger partial charge in [0.15, 0.2) is 0 Å². The molecule has 7 heteroatoms. The van der Waals surface area contributed by atoms with Crippen LogP contribution in [0, 0.1) is 0 Å². The smallest absolute Gasteiger partial charge is 0.412 e. The van der Waals surface area contributed by atoms with E-state index in [4.69, 9.17) is 4.74 Å². The highest BCUT2D eigenvalue weighted by Crippen LogP contribution is 2.10. The second-order valence-corrected chi connectivity index (χ2v) is 5.44. The molecule has 0 saturated carbocycles. The van der Waals surface area contributed by atoms with Crippen LogP contribution in [0.5, 0.6) is 0 Å². The first kappa shape index (κ1) is 17.2. The highest BCUT2D eigenvalue weighted by molar-refractivity contribution is 5.84. The normalized spacial score (nSPS) is 10.2. The quantitative estimate of drug-likeness (QED) is 0.739. The van der Waals surface area contributed by atoms with E-state index in [0.29, 0.717) is 11.5 Å². The van der Waals surface area contributed by atoms with Crippen LogP contribution >= 0.6 is 0 Å². The molecule has 0 aliphatic rings. The van der Waals surface area contributed by atoms with Crippen molar-refractivity contribution >= 4 is 17.6 Å². The Morgan fingerprint density at radius 2 is 1.92 bits per heavy atom. The summed E-state index contributed by atoms with van der Waals surface area (Å²) in [5.74, 6) is 0.695. The van der Waals surface area contributed by atoms with Gasteiger partial charge in [0.05, 0.1) is 11.9 Å². The van der Waals surface area contributed by atoms with E-state index in [2.05, 4.69) is 15.6 Å². The van der Waals surface area contributed by atoms with Gasteiger partial charge in [0, 0.05) is 13.2 Å². The van der Waals surface area contributed by atoms with E-state index in [1.807, 2.05) is 30.3 Å². The zero-order valence-corrected chi connectivity index (χ0v) is 14.2. The Kier molecular flexibility index (Phi) is 5.28. The lowest BCUT2D eigenvalue weighted by molar-refractivity contribution is 0.155. The van der Waals surface area contributed by atoms with Gasteiger partial charge in [-0.25, -0.2) is 9.78 Å². The minimum Gasteiger partial charge on any atom is -0.444 e. The second kappa shape index (κ2) is 7.98. The van der Waals surface area contributed by atoms with Gasteiger partial charge in [0.1, 0.15) is 18.1 Å². The number of hydrogen-bond donors (Lipinski definition) is 2. The summed E-state index contributed by atoms with van der Waals surface area (Å²) in [6.45, 7) is 0.128. The molecule has 1 aromatic carbocycles. The maximum absolute atomic E-state index is 12.6. The number of pyridine rings is 2. The molecule has 3 aromatic rings. The Morgan fingerprint density at radius 3 is 2.62 bits per heavy atom. The molecule has 0 aliphatic heterocycles. The lowest BCUT2D eigenvalue weighted by Gasteiger charge is -2.10. The zero-order valence-electron chi connectivity index (χ0n) is 14.2. The Morgan fingerprint density at radius 1 is 1.12 bits per heavy atom. The fourth-order valence-electron chi connectivity index (χ4n) is 2.34. The fraction of sp³-hybridized carbons (Fsp3) is 0.105. The number of benzene rings is 1. The molecule has 0 aliphatic carbocycles. The zero-order chi connectivity index (χ0) is 18.4. The van der Waals surface area contributed by atoms with E-state index < -0.39 is 6.09 Å². The van der Waals surface area contributed by atoms with Crippen molar-refractivity contribution in [1.29, 1.82) is 0 Å². The molecular weight excluding hydrogens is 332 g/mol. The third-order valence-corrected chi connectivity index (χ3v) is 3.68. The molecule has 0 atom stereocenters. The number of anilines is 2. The highest BCUT2D eigenvalue weighted by Gasteiger charge is 2.10. The van der Waals surface area contributed by atoms with Gasteiger partial charge < -0.3 is 10.1 Å². The Balaban J connectivity index is 1.72. The molecule has 0 unspecified atom stereocenters. The number of nitrogens with zero attached hydrogens (tertiary/aromatic N) is 2. The van der Waals surface area contributed by atoms with E-state index in [9.17, 15) is 9.59 Å². The van der Waals surface area contributed by atoms with Crippen LogP contribution in [0.1, 0.15) is 5.56 Å². The number of carbonyl (C=O) groups excluding carboxylic acids is 1. The number of rotatable bonds is 5. The number of ether oxygens (including phenoxy) is 1. The van der Waals surface area contributed by atoms with E-state index in [0.717, 1.165) is 5.56 Å². The maximum atomic E-state index is 12.6. The molecule has 2 aromatic heterocycles. The summed E-state index contributed by atoms with van der Waals surface area (Å²) in [4.78, 5) is 28.7. The van der Waals surface area contributed by atoms with Gasteiger partial charge in [-0.2, -0.15) is 0 Å². The Hall–Kier alpha value is -3.61. The molecule has 0 spiro atoms. The van der Waals surface area contributed by atoms with Gasteiger partial charge in [-0.15, -0.1) is 0 Å². The van der Waals surface area contributed by atoms with Gasteiger partial charge in [-0.05, 0) is 29.8 Å². The largest absolute Gasteiger partial charge is 0.444 e. The maximum Gasteiger partial charge on any atom is 0.412 e. The Bertz CT molecular complexity index is 937. The highest BCUT2D eigenvalue weighted by atomic mass is 16.5. The third kappa shape index (κ3) is 4.07. The minimum atomic E-state index is -0.688. The van der Waals surface area contributed by atoms with Gasteiger partial charge in [-0.1, -0.05) is 30.3 Å². The van der Waals surface area contributed by atoms with Gasteiger partial charge in [0.2, 0.25) is 0 Å². The molecule has 2 heterocycles. The van der Waals surface area contributed by atoms with Crippen LogP contribution in [-0.2, 0) is 11.3 Å². The summed E-state index contributed by atoms with van der Waals surface area (Å²) in [5.41, 5.74) is 1.21. The summed E-state index contributed by atoms with van der Waals surface area (Å²) in [5, 5.41) is 5.40. The van der Waals surface area contributed by atoms with Crippen molar-refractivity contribution < 1.29 is 9.53 Å². The van der Waals surface area contributed by atoms with Crippen molar-refractivity contribution in [2.24, 2.45) is 0 Å². The van der Waals surface area contributed by atoms with Gasteiger partial charge >= 0.3 is 6.09 Å². The average molecular weight is 350 g/mol. The number of nitrogens with one attached hydrogen (secondary N) is 2. The van der Waals surface area contributed by atoms with E-state index in [1.54, 1.807) is 37.6 Å².